The molecular weight excluding hydrogens is 452 g/mol. The van der Waals surface area contributed by atoms with E-state index in [0.29, 0.717) is 27.2 Å². The number of aromatic nitrogens is 6. The molecule has 0 atom stereocenters. The van der Waals surface area contributed by atoms with E-state index in [0.717, 1.165) is 17.3 Å². The van der Waals surface area contributed by atoms with E-state index in [1.165, 1.54) is 23.3 Å². The zero-order chi connectivity index (χ0) is 22.7. The number of ether oxygens (including phenoxy) is 1. The Morgan fingerprint density at radius 3 is 2.88 bits per heavy atom. The van der Waals surface area contributed by atoms with Gasteiger partial charge in [0.1, 0.15) is 12.1 Å². The van der Waals surface area contributed by atoms with Crippen LogP contribution in [0.2, 0.25) is 0 Å². The Morgan fingerprint density at radius 1 is 1.31 bits per heavy atom. The summed E-state index contributed by atoms with van der Waals surface area (Å²) in [6.45, 7) is 0. The summed E-state index contributed by atoms with van der Waals surface area (Å²) >= 11 is 6.45. The van der Waals surface area contributed by atoms with Crippen LogP contribution in [0, 0.1) is 14.9 Å². The van der Waals surface area contributed by atoms with Crippen LogP contribution in [0.5, 0.6) is 5.75 Å². The summed E-state index contributed by atoms with van der Waals surface area (Å²) in [7, 11) is 3.34. The number of nitro groups is 1. The number of hydrogen-bond acceptors (Lipinski definition) is 9. The molecule has 0 fully saturated rings. The molecule has 0 spiro atoms. The third-order valence-corrected chi connectivity index (χ3v) is 5.73. The standard InChI is InChI=1S/C19H16N8O3S2/c1-25-11-20-24-19(25)32-16-7-6-12(8-15(16)27(28)29)10-21-26-17(22-23-18(26)31)13-4-3-5-14(9-13)30-2/h3-11H,1-2H3,(H,23,31). The lowest BCUT2D eigenvalue weighted by atomic mass is 10.2. The molecule has 2 aromatic heterocycles. The van der Waals surface area contributed by atoms with Gasteiger partial charge >= 0.3 is 0 Å². The lowest BCUT2D eigenvalue weighted by Crippen LogP contribution is -1.97. The molecule has 162 valence electrons. The van der Waals surface area contributed by atoms with E-state index in [1.807, 2.05) is 18.2 Å². The average Bonchev–Trinajstić information content (AvgIpc) is 3.37. The lowest BCUT2D eigenvalue weighted by Gasteiger charge is -2.05. The van der Waals surface area contributed by atoms with Crippen molar-refractivity contribution in [2.24, 2.45) is 12.1 Å². The fourth-order valence-electron chi connectivity index (χ4n) is 2.78. The van der Waals surface area contributed by atoms with E-state index in [-0.39, 0.29) is 10.5 Å². The van der Waals surface area contributed by atoms with E-state index in [4.69, 9.17) is 17.0 Å². The number of aromatic amines is 1. The number of nitro benzene ring substituents is 1. The highest BCUT2D eigenvalue weighted by atomic mass is 32.2. The van der Waals surface area contributed by atoms with Crippen molar-refractivity contribution in [3.8, 4) is 17.1 Å². The van der Waals surface area contributed by atoms with Gasteiger partial charge in [-0.25, -0.2) is 5.10 Å². The van der Waals surface area contributed by atoms with Crippen molar-refractivity contribution in [1.82, 2.24) is 29.6 Å². The summed E-state index contributed by atoms with van der Waals surface area (Å²) in [6, 6.07) is 12.1. The first-order chi connectivity index (χ1) is 15.5. The molecule has 32 heavy (non-hydrogen) atoms. The van der Waals surface area contributed by atoms with E-state index in [9.17, 15) is 10.1 Å². The molecule has 0 aliphatic heterocycles. The molecule has 0 aliphatic carbocycles. The third-order valence-electron chi connectivity index (χ3n) is 4.35. The average molecular weight is 469 g/mol. The Hall–Kier alpha value is -3.84. The van der Waals surface area contributed by atoms with E-state index < -0.39 is 4.92 Å². The van der Waals surface area contributed by atoms with Crippen LogP contribution in [0.4, 0.5) is 5.69 Å². The van der Waals surface area contributed by atoms with Gasteiger partial charge in [0.15, 0.2) is 11.0 Å². The molecule has 0 saturated heterocycles. The number of rotatable bonds is 7. The molecule has 1 N–H and O–H groups in total. The maximum atomic E-state index is 11.6. The minimum absolute atomic E-state index is 0.0641. The Kier molecular flexibility index (Phi) is 6.09. The highest BCUT2D eigenvalue weighted by Crippen LogP contribution is 2.34. The van der Waals surface area contributed by atoms with Crippen LogP contribution >= 0.6 is 24.0 Å². The topological polar surface area (TPSA) is 129 Å². The quantitative estimate of drug-likeness (QED) is 0.188. The summed E-state index contributed by atoms with van der Waals surface area (Å²) in [6.07, 6.45) is 3.02. The minimum Gasteiger partial charge on any atom is -0.497 e. The molecule has 2 aromatic carbocycles. The number of hydrogen-bond donors (Lipinski definition) is 1. The largest absolute Gasteiger partial charge is 0.497 e. The lowest BCUT2D eigenvalue weighted by molar-refractivity contribution is -0.387. The van der Waals surface area contributed by atoms with Crippen molar-refractivity contribution in [2.45, 2.75) is 10.1 Å². The third kappa shape index (κ3) is 4.43. The highest BCUT2D eigenvalue weighted by molar-refractivity contribution is 7.99. The Labute approximate surface area is 190 Å². The molecule has 13 heteroatoms. The number of nitrogens with one attached hydrogen (secondary N) is 1. The summed E-state index contributed by atoms with van der Waals surface area (Å²) < 4.78 is 8.66. The Morgan fingerprint density at radius 2 is 2.16 bits per heavy atom. The van der Waals surface area contributed by atoms with Gasteiger partial charge in [-0.2, -0.15) is 14.9 Å². The second-order valence-electron chi connectivity index (χ2n) is 6.45. The number of methoxy groups -OCH3 is 1. The van der Waals surface area contributed by atoms with E-state index in [2.05, 4.69) is 25.5 Å². The Balaban J connectivity index is 1.66. The zero-order valence-electron chi connectivity index (χ0n) is 16.9. The first kappa shape index (κ1) is 21.4. The van der Waals surface area contributed by atoms with Gasteiger partial charge in [-0.15, -0.1) is 10.2 Å². The molecule has 0 unspecified atom stereocenters. The number of nitrogens with zero attached hydrogens (tertiary/aromatic N) is 7. The number of benzene rings is 2. The molecule has 0 saturated carbocycles. The summed E-state index contributed by atoms with van der Waals surface area (Å²) in [5.41, 5.74) is 1.21. The van der Waals surface area contributed by atoms with Gasteiger partial charge in [0.05, 0.1) is 23.1 Å². The fourth-order valence-corrected chi connectivity index (χ4v) is 3.81. The zero-order valence-corrected chi connectivity index (χ0v) is 18.5. The molecule has 0 bridgehead atoms. The van der Waals surface area contributed by atoms with Crippen molar-refractivity contribution in [3.63, 3.8) is 0 Å². The van der Waals surface area contributed by atoms with Gasteiger partial charge in [-0.05, 0) is 42.2 Å². The first-order valence-electron chi connectivity index (χ1n) is 9.13. The number of H-pyrrole nitrogens is 1. The van der Waals surface area contributed by atoms with Crippen LogP contribution in [0.3, 0.4) is 0 Å². The second-order valence-corrected chi connectivity index (χ2v) is 7.85. The van der Waals surface area contributed by atoms with Crippen LogP contribution in [0.15, 0.2) is 63.9 Å². The van der Waals surface area contributed by atoms with Crippen molar-refractivity contribution >= 4 is 35.9 Å². The number of aryl methyl sites for hydroxylation is 1. The van der Waals surface area contributed by atoms with Crippen molar-refractivity contribution in [1.29, 1.82) is 0 Å². The molecular formula is C19H16N8O3S2. The van der Waals surface area contributed by atoms with Gasteiger partial charge in [0, 0.05) is 24.2 Å². The van der Waals surface area contributed by atoms with Gasteiger partial charge in [0.2, 0.25) is 4.77 Å². The predicted molar refractivity (Wildman–Crippen MR) is 121 cm³/mol. The van der Waals surface area contributed by atoms with Gasteiger partial charge in [0.25, 0.3) is 5.69 Å². The highest BCUT2D eigenvalue weighted by Gasteiger charge is 2.17. The molecule has 0 radical (unpaired) electrons. The fraction of sp³-hybridized carbons (Fsp3) is 0.105. The smallest absolute Gasteiger partial charge is 0.283 e. The van der Waals surface area contributed by atoms with E-state index >= 15 is 0 Å². The summed E-state index contributed by atoms with van der Waals surface area (Å²) in [5.74, 6) is 1.15. The minimum atomic E-state index is -0.443. The molecule has 0 amide bonds. The van der Waals surface area contributed by atoms with Gasteiger partial charge in [-0.1, -0.05) is 18.2 Å². The van der Waals surface area contributed by atoms with Crippen molar-refractivity contribution in [3.05, 3.63) is 69.2 Å². The summed E-state index contributed by atoms with van der Waals surface area (Å²) in [5, 5.41) is 31.3. The van der Waals surface area contributed by atoms with Gasteiger partial charge < -0.3 is 9.30 Å². The van der Waals surface area contributed by atoms with Crippen LogP contribution in [0.25, 0.3) is 11.4 Å². The first-order valence-corrected chi connectivity index (χ1v) is 10.3. The molecule has 4 rings (SSSR count). The molecule has 0 aliphatic rings. The Bertz CT molecular complexity index is 1370. The van der Waals surface area contributed by atoms with Gasteiger partial charge in [-0.3, -0.25) is 10.1 Å². The van der Waals surface area contributed by atoms with Crippen molar-refractivity contribution < 1.29 is 9.66 Å². The summed E-state index contributed by atoms with van der Waals surface area (Å²) in [4.78, 5) is 11.6. The monoisotopic (exact) mass is 468 g/mol. The maximum Gasteiger partial charge on any atom is 0.283 e. The SMILES string of the molecule is COc1cccc(-c2n[nH]c(=S)n2N=Cc2ccc(Sc3nncn3C)c([N+](=O)[O-])c2)c1. The predicted octanol–water partition coefficient (Wildman–Crippen LogP) is 3.69. The van der Waals surface area contributed by atoms with Crippen LogP contribution < -0.4 is 4.74 Å². The molecule has 4 aromatic rings. The molecule has 11 nitrogen and oxygen atoms in total. The van der Waals surface area contributed by atoms with Crippen LogP contribution in [-0.2, 0) is 7.05 Å². The van der Waals surface area contributed by atoms with Crippen LogP contribution in [0.1, 0.15) is 5.56 Å². The normalized spacial score (nSPS) is 11.2. The maximum absolute atomic E-state index is 11.6. The molecule has 2 heterocycles. The van der Waals surface area contributed by atoms with Crippen LogP contribution in [-0.4, -0.2) is 47.9 Å². The second kappa shape index (κ2) is 9.11. The van der Waals surface area contributed by atoms with Crippen molar-refractivity contribution in [2.75, 3.05) is 7.11 Å². The van der Waals surface area contributed by atoms with E-state index in [1.54, 1.807) is 36.9 Å².